The highest BCUT2D eigenvalue weighted by molar-refractivity contribution is 5.70. The Hall–Kier alpha value is -2.08. The molecule has 1 aromatic carbocycles. The second-order valence-electron chi connectivity index (χ2n) is 6.69. The van der Waals surface area contributed by atoms with E-state index in [1.165, 1.54) is 4.90 Å². The molecule has 1 aromatic rings. The molecule has 0 saturated carbocycles. The molecule has 0 spiro atoms. The van der Waals surface area contributed by atoms with Crippen molar-refractivity contribution < 1.29 is 24.2 Å². The minimum atomic E-state index is -0.646. The fourth-order valence-electron chi connectivity index (χ4n) is 2.38. The van der Waals surface area contributed by atoms with Crippen molar-refractivity contribution in [2.75, 3.05) is 19.8 Å². The van der Waals surface area contributed by atoms with Crippen LogP contribution < -0.4 is 0 Å². The van der Waals surface area contributed by atoms with Crippen molar-refractivity contribution in [1.29, 1.82) is 0 Å². The molecule has 0 aliphatic heterocycles. The largest absolute Gasteiger partial charge is 0.466 e. The van der Waals surface area contributed by atoms with Gasteiger partial charge in [-0.05, 0) is 39.7 Å². The molecule has 1 rings (SSSR count). The van der Waals surface area contributed by atoms with Gasteiger partial charge >= 0.3 is 12.1 Å². The van der Waals surface area contributed by atoms with E-state index < -0.39 is 17.7 Å². The summed E-state index contributed by atoms with van der Waals surface area (Å²) >= 11 is 0. The molecular weight excluding hydrogens is 322 g/mol. The van der Waals surface area contributed by atoms with Gasteiger partial charge in [0.05, 0.1) is 19.3 Å². The molecule has 1 amide bonds. The van der Waals surface area contributed by atoms with Gasteiger partial charge in [0.1, 0.15) is 5.60 Å². The van der Waals surface area contributed by atoms with Crippen LogP contribution in [0.5, 0.6) is 0 Å². The van der Waals surface area contributed by atoms with Crippen LogP contribution in [0, 0.1) is 0 Å². The fraction of sp³-hybridized carbons (Fsp3) is 0.579. The number of aliphatic hydroxyl groups excluding tert-OH is 1. The number of benzene rings is 1. The summed E-state index contributed by atoms with van der Waals surface area (Å²) in [6, 6.07) is 8.75. The average molecular weight is 351 g/mol. The van der Waals surface area contributed by atoms with Gasteiger partial charge in [0.2, 0.25) is 0 Å². The number of carbonyl (C=O) groups is 2. The van der Waals surface area contributed by atoms with Crippen molar-refractivity contribution in [3.05, 3.63) is 35.9 Å². The number of aliphatic hydroxyl groups is 1. The summed E-state index contributed by atoms with van der Waals surface area (Å²) in [5.74, 6) is -0.299. The molecule has 6 nitrogen and oxygen atoms in total. The van der Waals surface area contributed by atoms with Crippen LogP contribution >= 0.6 is 0 Å². The number of hydrogen-bond acceptors (Lipinski definition) is 5. The second-order valence-corrected chi connectivity index (χ2v) is 6.69. The topological polar surface area (TPSA) is 76.1 Å². The van der Waals surface area contributed by atoms with Gasteiger partial charge in [-0.1, -0.05) is 30.3 Å². The Morgan fingerprint density at radius 3 is 2.36 bits per heavy atom. The lowest BCUT2D eigenvalue weighted by Crippen LogP contribution is -2.41. The van der Waals surface area contributed by atoms with E-state index in [0.29, 0.717) is 13.0 Å². The molecule has 0 radical (unpaired) electrons. The molecule has 0 heterocycles. The summed E-state index contributed by atoms with van der Waals surface area (Å²) in [4.78, 5) is 25.6. The summed E-state index contributed by atoms with van der Waals surface area (Å²) in [7, 11) is 0. The first kappa shape index (κ1) is 21.0. The van der Waals surface area contributed by atoms with Gasteiger partial charge in [-0.2, -0.15) is 0 Å². The van der Waals surface area contributed by atoms with E-state index in [-0.39, 0.29) is 25.5 Å². The summed E-state index contributed by atoms with van der Waals surface area (Å²) in [6.07, 6.45) is 0.126. The lowest BCUT2D eigenvalue weighted by atomic mass is 10.1. The van der Waals surface area contributed by atoms with Crippen molar-refractivity contribution >= 4 is 12.1 Å². The Morgan fingerprint density at radius 2 is 1.84 bits per heavy atom. The third-order valence-electron chi connectivity index (χ3n) is 3.45. The minimum Gasteiger partial charge on any atom is -0.466 e. The lowest BCUT2D eigenvalue weighted by Gasteiger charge is -2.33. The predicted octanol–water partition coefficient (Wildman–Crippen LogP) is 3.30. The van der Waals surface area contributed by atoms with Gasteiger partial charge in [0, 0.05) is 13.0 Å². The summed E-state index contributed by atoms with van der Waals surface area (Å²) in [6.45, 7) is 7.50. The summed E-state index contributed by atoms with van der Waals surface area (Å²) in [5.41, 5.74) is 0.166. The van der Waals surface area contributed by atoms with Crippen LogP contribution in [0.15, 0.2) is 30.3 Å². The third kappa shape index (κ3) is 7.56. The number of amides is 1. The Kier molecular flexibility index (Phi) is 8.41. The lowest BCUT2D eigenvalue weighted by molar-refractivity contribution is -0.143. The highest BCUT2D eigenvalue weighted by Gasteiger charge is 2.29. The summed E-state index contributed by atoms with van der Waals surface area (Å²) < 4.78 is 10.4. The maximum absolute atomic E-state index is 12.6. The van der Waals surface area contributed by atoms with Crippen molar-refractivity contribution in [3.8, 4) is 0 Å². The maximum atomic E-state index is 12.6. The zero-order chi connectivity index (χ0) is 18.9. The molecule has 0 unspecified atom stereocenters. The van der Waals surface area contributed by atoms with Crippen LogP contribution in [0.25, 0.3) is 0 Å². The van der Waals surface area contributed by atoms with Gasteiger partial charge in [-0.25, -0.2) is 4.79 Å². The monoisotopic (exact) mass is 351 g/mol. The van der Waals surface area contributed by atoms with Crippen molar-refractivity contribution in [1.82, 2.24) is 4.90 Å². The van der Waals surface area contributed by atoms with Crippen molar-refractivity contribution in [2.45, 2.75) is 52.2 Å². The zero-order valence-corrected chi connectivity index (χ0v) is 15.5. The van der Waals surface area contributed by atoms with Gasteiger partial charge in [-0.15, -0.1) is 0 Å². The van der Waals surface area contributed by atoms with Gasteiger partial charge < -0.3 is 14.6 Å². The summed E-state index contributed by atoms with van der Waals surface area (Å²) in [5, 5.41) is 9.85. The molecule has 25 heavy (non-hydrogen) atoms. The first-order valence-corrected chi connectivity index (χ1v) is 8.59. The maximum Gasteiger partial charge on any atom is 0.410 e. The quantitative estimate of drug-likeness (QED) is 0.727. The van der Waals surface area contributed by atoms with Crippen LogP contribution in [-0.2, 0) is 14.3 Å². The van der Waals surface area contributed by atoms with Crippen LogP contribution in [0.1, 0.15) is 52.1 Å². The first-order valence-electron chi connectivity index (χ1n) is 8.59. The SMILES string of the molecule is CCOC(=O)CCCN(C(=O)OC(C)(C)C)[C@H](CO)c1ccccc1. The average Bonchev–Trinajstić information content (AvgIpc) is 2.53. The normalized spacial score (nSPS) is 12.4. The smallest absolute Gasteiger partial charge is 0.410 e. The van der Waals surface area contributed by atoms with Gasteiger partial charge in [-0.3, -0.25) is 9.69 Å². The molecule has 0 fully saturated rings. The first-order chi connectivity index (χ1) is 11.8. The molecule has 1 atom stereocenters. The highest BCUT2D eigenvalue weighted by Crippen LogP contribution is 2.23. The van der Waals surface area contributed by atoms with E-state index in [0.717, 1.165) is 5.56 Å². The van der Waals surface area contributed by atoms with Crippen LogP contribution in [0.3, 0.4) is 0 Å². The second kappa shape index (κ2) is 10.0. The molecular formula is C19H29NO5. The van der Waals surface area contributed by atoms with E-state index in [1.807, 2.05) is 30.3 Å². The molecule has 0 aliphatic carbocycles. The molecule has 140 valence electrons. The Labute approximate surface area is 149 Å². The van der Waals surface area contributed by atoms with Crippen LogP contribution in [0.4, 0.5) is 4.79 Å². The fourth-order valence-corrected chi connectivity index (χ4v) is 2.38. The van der Waals surface area contributed by atoms with Gasteiger partial charge in [0.25, 0.3) is 0 Å². The van der Waals surface area contributed by atoms with Crippen LogP contribution in [0.2, 0.25) is 0 Å². The predicted molar refractivity (Wildman–Crippen MR) is 95.1 cm³/mol. The minimum absolute atomic E-state index is 0.208. The molecule has 0 bridgehead atoms. The van der Waals surface area contributed by atoms with E-state index in [9.17, 15) is 14.7 Å². The number of ether oxygens (including phenoxy) is 2. The highest BCUT2D eigenvalue weighted by atomic mass is 16.6. The molecule has 6 heteroatoms. The van der Waals surface area contributed by atoms with E-state index >= 15 is 0 Å². The number of hydrogen-bond donors (Lipinski definition) is 1. The Morgan fingerprint density at radius 1 is 1.20 bits per heavy atom. The van der Waals surface area contributed by atoms with Crippen LogP contribution in [-0.4, -0.2) is 47.4 Å². The number of esters is 1. The molecule has 1 N–H and O–H groups in total. The Bertz CT molecular complexity index is 538. The molecule has 0 aromatic heterocycles. The van der Waals surface area contributed by atoms with E-state index in [4.69, 9.17) is 9.47 Å². The van der Waals surface area contributed by atoms with Gasteiger partial charge in [0.15, 0.2) is 0 Å². The standard InChI is InChI=1S/C19H29NO5/c1-5-24-17(22)12-9-13-20(18(23)25-19(2,3)4)16(14-21)15-10-7-6-8-11-15/h6-8,10-11,16,21H,5,9,12-14H2,1-4H3/t16-/m1/s1. The van der Waals surface area contributed by atoms with E-state index in [1.54, 1.807) is 27.7 Å². The van der Waals surface area contributed by atoms with E-state index in [2.05, 4.69) is 0 Å². The molecule has 0 aliphatic rings. The number of carbonyl (C=O) groups excluding carboxylic acids is 2. The number of rotatable bonds is 8. The zero-order valence-electron chi connectivity index (χ0n) is 15.5. The van der Waals surface area contributed by atoms with Crippen molar-refractivity contribution in [2.24, 2.45) is 0 Å². The molecule has 0 saturated heterocycles. The third-order valence-corrected chi connectivity index (χ3v) is 3.45. The Balaban J connectivity index is 2.89. The number of nitrogens with zero attached hydrogens (tertiary/aromatic N) is 1. The van der Waals surface area contributed by atoms with Crippen molar-refractivity contribution in [3.63, 3.8) is 0 Å².